The molecule has 0 saturated carbocycles. The van der Waals surface area contributed by atoms with Gasteiger partial charge in [0.15, 0.2) is 5.03 Å². The molecule has 0 bridgehead atoms. The molecule has 1 aromatic rings. The van der Waals surface area contributed by atoms with E-state index in [1.54, 1.807) is 6.07 Å². The lowest BCUT2D eigenvalue weighted by atomic mass is 10.3. The first-order chi connectivity index (χ1) is 8.59. The number of aromatic nitrogens is 1. The Kier molecular flexibility index (Phi) is 4.12. The number of hydrogen-bond donors (Lipinski definition) is 2. The lowest BCUT2D eigenvalue weighted by Gasteiger charge is -2.23. The highest BCUT2D eigenvalue weighted by molar-refractivity contribution is 7.89. The number of ether oxygens (including phenoxy) is 2. The summed E-state index contributed by atoms with van der Waals surface area (Å²) in [5.41, 5.74) is 5.69. The third-order valence-electron chi connectivity index (χ3n) is 2.44. The molecule has 0 radical (unpaired) electrons. The molecular weight excluding hydrogens is 258 g/mol. The van der Waals surface area contributed by atoms with Gasteiger partial charge < -0.3 is 15.2 Å². The van der Waals surface area contributed by atoms with E-state index in [1.165, 1.54) is 12.3 Å². The van der Waals surface area contributed by atoms with Gasteiger partial charge in [-0.25, -0.2) is 18.1 Å². The Morgan fingerprint density at radius 2 is 2.33 bits per heavy atom. The number of rotatable bonds is 4. The zero-order valence-electron chi connectivity index (χ0n) is 9.70. The van der Waals surface area contributed by atoms with Crippen molar-refractivity contribution in [2.75, 3.05) is 32.1 Å². The topological polar surface area (TPSA) is 104 Å². The predicted octanol–water partition coefficient (Wildman–Crippen LogP) is -0.642. The number of anilines is 1. The second-order valence-corrected chi connectivity index (χ2v) is 5.50. The van der Waals surface area contributed by atoms with Crippen LogP contribution in [0.4, 0.5) is 5.69 Å². The van der Waals surface area contributed by atoms with Gasteiger partial charge in [-0.05, 0) is 12.1 Å². The molecule has 1 aliphatic heterocycles. The molecule has 1 saturated heterocycles. The summed E-state index contributed by atoms with van der Waals surface area (Å²) in [5, 5.41) is -0.165. The van der Waals surface area contributed by atoms with Crippen LogP contribution in [0.1, 0.15) is 0 Å². The summed E-state index contributed by atoms with van der Waals surface area (Å²) in [6.45, 7) is 1.52. The lowest BCUT2D eigenvalue weighted by Crippen LogP contribution is -2.40. The second-order valence-electron chi connectivity index (χ2n) is 3.82. The fourth-order valence-corrected chi connectivity index (χ4v) is 2.67. The van der Waals surface area contributed by atoms with Crippen LogP contribution < -0.4 is 10.5 Å². The number of pyridine rings is 1. The van der Waals surface area contributed by atoms with Crippen molar-refractivity contribution in [3.63, 3.8) is 0 Å². The fraction of sp³-hybridized carbons (Fsp3) is 0.500. The quantitative estimate of drug-likeness (QED) is 0.756. The predicted molar refractivity (Wildman–Crippen MR) is 64.4 cm³/mol. The maximum absolute atomic E-state index is 11.9. The van der Waals surface area contributed by atoms with Crippen molar-refractivity contribution in [1.29, 1.82) is 0 Å². The highest BCUT2D eigenvalue weighted by Gasteiger charge is 2.22. The van der Waals surface area contributed by atoms with Crippen LogP contribution in [0.3, 0.4) is 0 Å². The normalized spacial score (nSPS) is 20.8. The molecule has 0 spiro atoms. The largest absolute Gasteiger partial charge is 0.396 e. The number of nitrogens with two attached hydrogens (primary N) is 1. The summed E-state index contributed by atoms with van der Waals surface area (Å²) in [7, 11) is -3.71. The van der Waals surface area contributed by atoms with Crippen molar-refractivity contribution in [2.45, 2.75) is 11.1 Å². The van der Waals surface area contributed by atoms with Gasteiger partial charge in [0, 0.05) is 12.7 Å². The summed E-state index contributed by atoms with van der Waals surface area (Å²) in [5.74, 6) is 0. The molecule has 2 heterocycles. The third-order valence-corrected chi connectivity index (χ3v) is 3.84. The summed E-state index contributed by atoms with van der Waals surface area (Å²) < 4.78 is 36.8. The van der Waals surface area contributed by atoms with Crippen LogP contribution in [0.5, 0.6) is 0 Å². The smallest absolute Gasteiger partial charge is 0.260 e. The molecule has 1 aromatic heterocycles. The maximum Gasteiger partial charge on any atom is 0.260 e. The number of hydrogen-bond acceptors (Lipinski definition) is 6. The van der Waals surface area contributed by atoms with E-state index in [-0.39, 0.29) is 23.4 Å². The highest BCUT2D eigenvalue weighted by atomic mass is 32.2. The molecule has 0 amide bonds. The molecule has 0 aromatic carbocycles. The van der Waals surface area contributed by atoms with Crippen LogP contribution in [0.15, 0.2) is 23.4 Å². The molecule has 18 heavy (non-hydrogen) atoms. The van der Waals surface area contributed by atoms with Gasteiger partial charge >= 0.3 is 0 Å². The minimum Gasteiger partial charge on any atom is -0.396 e. The Balaban J connectivity index is 2.01. The van der Waals surface area contributed by atoms with Crippen molar-refractivity contribution >= 4 is 15.7 Å². The van der Waals surface area contributed by atoms with Crippen molar-refractivity contribution in [3.8, 4) is 0 Å². The van der Waals surface area contributed by atoms with Crippen LogP contribution in [0.25, 0.3) is 0 Å². The summed E-state index contributed by atoms with van der Waals surface area (Å²) in [6, 6.07) is 3.06. The molecule has 1 unspecified atom stereocenters. The van der Waals surface area contributed by atoms with Crippen LogP contribution >= 0.6 is 0 Å². The molecule has 100 valence electrons. The third kappa shape index (κ3) is 3.16. The summed E-state index contributed by atoms with van der Waals surface area (Å²) >= 11 is 0. The van der Waals surface area contributed by atoms with E-state index >= 15 is 0 Å². The summed E-state index contributed by atoms with van der Waals surface area (Å²) in [4.78, 5) is 3.77. The lowest BCUT2D eigenvalue weighted by molar-refractivity contribution is -0.0847. The number of sulfonamides is 1. The minimum absolute atomic E-state index is 0.116. The molecule has 3 N–H and O–H groups in total. The van der Waals surface area contributed by atoms with Crippen LogP contribution in [-0.2, 0) is 19.5 Å². The van der Waals surface area contributed by atoms with Gasteiger partial charge in [0.1, 0.15) is 0 Å². The molecule has 7 nitrogen and oxygen atoms in total. The average molecular weight is 273 g/mol. The zero-order chi connectivity index (χ0) is 13.0. The standard InChI is InChI=1S/C10H15N3O4S/c11-9-2-1-3-12-10(9)18(14,15)13-6-8-7-16-4-5-17-8/h1-3,8,13H,4-7,11H2. The van der Waals surface area contributed by atoms with E-state index in [0.29, 0.717) is 19.8 Å². The second kappa shape index (κ2) is 5.61. The van der Waals surface area contributed by atoms with E-state index in [9.17, 15) is 8.42 Å². The molecule has 1 aliphatic rings. The van der Waals surface area contributed by atoms with Crippen LogP contribution in [-0.4, -0.2) is 45.9 Å². The molecular formula is C10H15N3O4S. The molecule has 1 fully saturated rings. The van der Waals surface area contributed by atoms with Crippen molar-refractivity contribution in [3.05, 3.63) is 18.3 Å². The zero-order valence-corrected chi connectivity index (χ0v) is 10.5. The first-order valence-corrected chi connectivity index (χ1v) is 6.97. The Morgan fingerprint density at radius 1 is 1.50 bits per heavy atom. The molecule has 8 heteroatoms. The van der Waals surface area contributed by atoms with E-state index < -0.39 is 10.0 Å². The first kappa shape index (κ1) is 13.2. The fourth-order valence-electron chi connectivity index (χ4n) is 1.55. The maximum atomic E-state index is 11.9. The van der Waals surface area contributed by atoms with Crippen molar-refractivity contribution in [2.24, 2.45) is 0 Å². The van der Waals surface area contributed by atoms with Gasteiger partial charge in [0.05, 0.1) is 31.6 Å². The minimum atomic E-state index is -3.71. The van der Waals surface area contributed by atoms with Gasteiger partial charge in [-0.15, -0.1) is 0 Å². The SMILES string of the molecule is Nc1cccnc1S(=O)(=O)NCC1COCCO1. The van der Waals surface area contributed by atoms with Gasteiger partial charge in [-0.1, -0.05) is 0 Å². The Morgan fingerprint density at radius 3 is 3.00 bits per heavy atom. The summed E-state index contributed by atoms with van der Waals surface area (Å²) in [6.07, 6.45) is 1.10. The van der Waals surface area contributed by atoms with E-state index in [4.69, 9.17) is 15.2 Å². The first-order valence-electron chi connectivity index (χ1n) is 5.49. The highest BCUT2D eigenvalue weighted by Crippen LogP contribution is 2.13. The number of nitrogen functional groups attached to an aromatic ring is 1. The van der Waals surface area contributed by atoms with E-state index in [2.05, 4.69) is 9.71 Å². The number of nitrogens with zero attached hydrogens (tertiary/aromatic N) is 1. The van der Waals surface area contributed by atoms with E-state index in [1.807, 2.05) is 0 Å². The number of nitrogens with one attached hydrogen (secondary N) is 1. The molecule has 1 atom stereocenters. The monoisotopic (exact) mass is 273 g/mol. The van der Waals surface area contributed by atoms with Crippen LogP contribution in [0.2, 0.25) is 0 Å². The Bertz CT molecular complexity index is 500. The molecule has 2 rings (SSSR count). The van der Waals surface area contributed by atoms with Gasteiger partial charge in [0.25, 0.3) is 10.0 Å². The van der Waals surface area contributed by atoms with Gasteiger partial charge in [0.2, 0.25) is 0 Å². The Labute approximate surface area is 105 Å². The van der Waals surface area contributed by atoms with Crippen molar-refractivity contribution < 1.29 is 17.9 Å². The molecule has 0 aliphatic carbocycles. The van der Waals surface area contributed by atoms with Crippen molar-refractivity contribution in [1.82, 2.24) is 9.71 Å². The van der Waals surface area contributed by atoms with Gasteiger partial charge in [-0.2, -0.15) is 0 Å². The van der Waals surface area contributed by atoms with Crippen LogP contribution in [0, 0.1) is 0 Å². The van der Waals surface area contributed by atoms with E-state index in [0.717, 1.165) is 0 Å². The average Bonchev–Trinajstić information content (AvgIpc) is 2.38. The van der Waals surface area contributed by atoms with Gasteiger partial charge in [-0.3, -0.25) is 0 Å². The Hall–Kier alpha value is -1.22.